The molecule has 1 amide bonds. The average Bonchev–Trinajstić information content (AvgIpc) is 2.14. The summed E-state index contributed by atoms with van der Waals surface area (Å²) in [6, 6.07) is 6.53. The Morgan fingerprint density at radius 2 is 2.36 bits per heavy atom. The summed E-state index contributed by atoms with van der Waals surface area (Å²) in [6.07, 6.45) is 0. The van der Waals surface area contributed by atoms with Crippen molar-refractivity contribution in [1.29, 1.82) is 0 Å². The molecule has 0 bridgehead atoms. The lowest BCUT2D eigenvalue weighted by Gasteiger charge is -2.13. The molecule has 0 radical (unpaired) electrons. The first kappa shape index (κ1) is 11.0. The van der Waals surface area contributed by atoms with Gasteiger partial charge < -0.3 is 16.2 Å². The number of nitrogens with two attached hydrogens (primary N) is 1. The number of primary amides is 1. The maximum atomic E-state index is 10.8. The van der Waals surface area contributed by atoms with Crippen molar-refractivity contribution in [2.45, 2.75) is 6.04 Å². The number of carbonyl (C=O) groups excluding carboxylic acids is 1. The van der Waals surface area contributed by atoms with Crippen LogP contribution in [0.5, 0.6) is 0 Å². The largest absolute Gasteiger partial charge is 0.394 e. The van der Waals surface area contributed by atoms with Gasteiger partial charge in [0.1, 0.15) is 6.04 Å². The van der Waals surface area contributed by atoms with Crippen molar-refractivity contribution >= 4 is 27.5 Å². The molecule has 4 N–H and O–H groups in total. The van der Waals surface area contributed by atoms with Crippen LogP contribution in [0.25, 0.3) is 0 Å². The fourth-order valence-corrected chi connectivity index (χ4v) is 1.39. The molecule has 0 aliphatic carbocycles. The molecule has 5 heteroatoms. The van der Waals surface area contributed by atoms with Crippen LogP contribution < -0.4 is 11.1 Å². The maximum absolute atomic E-state index is 10.8. The summed E-state index contributed by atoms with van der Waals surface area (Å²) in [7, 11) is 0. The van der Waals surface area contributed by atoms with E-state index >= 15 is 0 Å². The van der Waals surface area contributed by atoms with Gasteiger partial charge in [-0.25, -0.2) is 0 Å². The standard InChI is InChI=1S/C9H11BrN2O2/c10-6-2-1-3-7(4-6)12-8(5-13)9(11)14/h1-4,8,12-13H,5H2,(H2,11,14). The molecule has 0 spiro atoms. The molecular formula is C9H11BrN2O2. The lowest BCUT2D eigenvalue weighted by Crippen LogP contribution is -2.38. The number of carbonyl (C=O) groups is 1. The zero-order chi connectivity index (χ0) is 10.6. The number of hydrogen-bond acceptors (Lipinski definition) is 3. The van der Waals surface area contributed by atoms with E-state index in [0.717, 1.165) is 10.2 Å². The van der Waals surface area contributed by atoms with Crippen LogP contribution in [0.4, 0.5) is 5.69 Å². The molecule has 76 valence electrons. The summed E-state index contributed by atoms with van der Waals surface area (Å²) in [5.41, 5.74) is 5.79. The number of benzene rings is 1. The van der Waals surface area contributed by atoms with E-state index in [9.17, 15) is 4.79 Å². The minimum Gasteiger partial charge on any atom is -0.394 e. The Morgan fingerprint density at radius 1 is 1.64 bits per heavy atom. The fourth-order valence-electron chi connectivity index (χ4n) is 0.986. The van der Waals surface area contributed by atoms with Crippen molar-refractivity contribution in [2.24, 2.45) is 5.73 Å². The lowest BCUT2D eigenvalue weighted by molar-refractivity contribution is -0.119. The number of amides is 1. The van der Waals surface area contributed by atoms with Crippen molar-refractivity contribution in [2.75, 3.05) is 11.9 Å². The molecule has 14 heavy (non-hydrogen) atoms. The number of nitrogens with one attached hydrogen (secondary N) is 1. The second kappa shape index (κ2) is 4.97. The highest BCUT2D eigenvalue weighted by molar-refractivity contribution is 9.10. The first-order valence-corrected chi connectivity index (χ1v) is 4.85. The van der Waals surface area contributed by atoms with Crippen LogP contribution in [0.3, 0.4) is 0 Å². The summed E-state index contributed by atoms with van der Waals surface area (Å²) in [4.78, 5) is 10.8. The summed E-state index contributed by atoms with van der Waals surface area (Å²) < 4.78 is 0.892. The number of halogens is 1. The van der Waals surface area contributed by atoms with Crippen LogP contribution in [0, 0.1) is 0 Å². The topological polar surface area (TPSA) is 75.4 Å². The third kappa shape index (κ3) is 3.01. The predicted molar refractivity (Wildman–Crippen MR) is 57.8 cm³/mol. The van der Waals surface area contributed by atoms with Crippen molar-refractivity contribution in [3.63, 3.8) is 0 Å². The molecule has 0 aromatic heterocycles. The van der Waals surface area contributed by atoms with Crippen molar-refractivity contribution in [3.8, 4) is 0 Å². The average molecular weight is 259 g/mol. The van der Waals surface area contributed by atoms with Gasteiger partial charge in [-0.1, -0.05) is 22.0 Å². The van der Waals surface area contributed by atoms with Gasteiger partial charge in [0.25, 0.3) is 0 Å². The Hall–Kier alpha value is -1.07. The molecule has 1 rings (SSSR count). The predicted octanol–water partition coefficient (Wildman–Crippen LogP) is 0.707. The van der Waals surface area contributed by atoms with Gasteiger partial charge in [-0.2, -0.15) is 0 Å². The summed E-state index contributed by atoms with van der Waals surface area (Å²) in [5, 5.41) is 11.7. The van der Waals surface area contributed by atoms with E-state index in [-0.39, 0.29) is 6.61 Å². The molecule has 1 aromatic rings. The number of aliphatic hydroxyl groups excluding tert-OH is 1. The van der Waals surface area contributed by atoms with Crippen LogP contribution in [-0.4, -0.2) is 23.7 Å². The second-order valence-electron chi connectivity index (χ2n) is 2.79. The molecule has 1 aromatic carbocycles. The number of aliphatic hydroxyl groups is 1. The van der Waals surface area contributed by atoms with Gasteiger partial charge in [0, 0.05) is 10.2 Å². The first-order chi connectivity index (χ1) is 6.63. The zero-order valence-corrected chi connectivity index (χ0v) is 8.99. The van der Waals surface area contributed by atoms with E-state index in [1.54, 1.807) is 12.1 Å². The zero-order valence-electron chi connectivity index (χ0n) is 7.40. The molecular weight excluding hydrogens is 248 g/mol. The lowest BCUT2D eigenvalue weighted by atomic mass is 10.2. The van der Waals surface area contributed by atoms with Crippen molar-refractivity contribution < 1.29 is 9.90 Å². The highest BCUT2D eigenvalue weighted by Crippen LogP contribution is 2.16. The van der Waals surface area contributed by atoms with E-state index in [1.807, 2.05) is 12.1 Å². The Labute approximate surface area is 90.2 Å². The van der Waals surface area contributed by atoms with Gasteiger partial charge >= 0.3 is 0 Å². The molecule has 0 fully saturated rings. The minimum absolute atomic E-state index is 0.318. The van der Waals surface area contributed by atoms with Gasteiger partial charge in [-0.15, -0.1) is 0 Å². The van der Waals surface area contributed by atoms with E-state index < -0.39 is 11.9 Å². The monoisotopic (exact) mass is 258 g/mol. The fraction of sp³-hybridized carbons (Fsp3) is 0.222. The van der Waals surface area contributed by atoms with Crippen LogP contribution in [0.15, 0.2) is 28.7 Å². The third-order valence-corrected chi connectivity index (χ3v) is 2.18. The Bertz CT molecular complexity index is 330. The van der Waals surface area contributed by atoms with Crippen LogP contribution >= 0.6 is 15.9 Å². The van der Waals surface area contributed by atoms with Gasteiger partial charge in [0.15, 0.2) is 0 Å². The highest BCUT2D eigenvalue weighted by atomic mass is 79.9. The number of rotatable bonds is 4. The van der Waals surface area contributed by atoms with E-state index in [1.165, 1.54) is 0 Å². The van der Waals surface area contributed by atoms with Crippen LogP contribution in [0.1, 0.15) is 0 Å². The molecule has 0 saturated heterocycles. The number of anilines is 1. The van der Waals surface area contributed by atoms with E-state index in [2.05, 4.69) is 21.2 Å². The molecule has 4 nitrogen and oxygen atoms in total. The highest BCUT2D eigenvalue weighted by Gasteiger charge is 2.12. The maximum Gasteiger partial charge on any atom is 0.242 e. The summed E-state index contributed by atoms with van der Waals surface area (Å²) in [5.74, 6) is -0.576. The molecule has 0 aliphatic heterocycles. The Balaban J connectivity index is 2.72. The van der Waals surface area contributed by atoms with Gasteiger partial charge in [0.05, 0.1) is 6.61 Å². The summed E-state index contributed by atoms with van der Waals surface area (Å²) in [6.45, 7) is -0.318. The normalized spacial score (nSPS) is 12.1. The van der Waals surface area contributed by atoms with Crippen LogP contribution in [-0.2, 0) is 4.79 Å². The quantitative estimate of drug-likeness (QED) is 0.745. The van der Waals surface area contributed by atoms with Gasteiger partial charge in [-0.3, -0.25) is 4.79 Å². The first-order valence-electron chi connectivity index (χ1n) is 4.05. The van der Waals surface area contributed by atoms with Gasteiger partial charge in [-0.05, 0) is 18.2 Å². The van der Waals surface area contributed by atoms with Gasteiger partial charge in [0.2, 0.25) is 5.91 Å². The molecule has 0 aliphatic rings. The Morgan fingerprint density at radius 3 is 2.86 bits per heavy atom. The molecule has 1 unspecified atom stereocenters. The van der Waals surface area contributed by atoms with E-state index in [4.69, 9.17) is 10.8 Å². The van der Waals surface area contributed by atoms with Crippen LogP contribution in [0.2, 0.25) is 0 Å². The molecule has 0 saturated carbocycles. The van der Waals surface area contributed by atoms with Crippen molar-refractivity contribution in [1.82, 2.24) is 0 Å². The molecule has 0 heterocycles. The molecule has 1 atom stereocenters. The van der Waals surface area contributed by atoms with Crippen molar-refractivity contribution in [3.05, 3.63) is 28.7 Å². The van der Waals surface area contributed by atoms with E-state index in [0.29, 0.717) is 0 Å². The smallest absolute Gasteiger partial charge is 0.242 e. The Kier molecular flexibility index (Phi) is 3.91. The SMILES string of the molecule is NC(=O)C(CO)Nc1cccc(Br)c1. The third-order valence-electron chi connectivity index (χ3n) is 1.69. The second-order valence-corrected chi connectivity index (χ2v) is 3.71. The summed E-state index contributed by atoms with van der Waals surface area (Å²) >= 11 is 3.29. The number of hydrogen-bond donors (Lipinski definition) is 3. The minimum atomic E-state index is -0.746.